The van der Waals surface area contributed by atoms with Crippen molar-refractivity contribution >= 4 is 35.1 Å². The van der Waals surface area contributed by atoms with Gasteiger partial charge in [-0.2, -0.15) is 0 Å². The summed E-state index contributed by atoms with van der Waals surface area (Å²) in [6, 6.07) is 14.7. The smallest absolute Gasteiger partial charge is 0.304 e. The molecule has 5 nitrogen and oxygen atoms in total. The molecule has 1 amide bonds. The summed E-state index contributed by atoms with van der Waals surface area (Å²) in [5.41, 5.74) is 0.860. The lowest BCUT2D eigenvalue weighted by atomic mass is 9.68. The monoisotopic (exact) mass is 434 g/mol. The van der Waals surface area contributed by atoms with Gasteiger partial charge in [-0.1, -0.05) is 54.4 Å². The predicted molar refractivity (Wildman–Crippen MR) is 114 cm³/mol. The van der Waals surface area contributed by atoms with Crippen LogP contribution in [0.3, 0.4) is 0 Å². The highest BCUT2D eigenvalue weighted by Gasteiger charge is 2.51. The number of carboxylic acids is 1. The Balaban J connectivity index is 2.18. The van der Waals surface area contributed by atoms with Crippen LogP contribution < -0.4 is 0 Å². The van der Waals surface area contributed by atoms with Gasteiger partial charge in [0.1, 0.15) is 0 Å². The van der Waals surface area contributed by atoms with Crippen LogP contribution in [0.15, 0.2) is 48.5 Å². The molecule has 0 bridgehead atoms. The van der Waals surface area contributed by atoms with Crippen LogP contribution in [0.5, 0.6) is 0 Å². The van der Waals surface area contributed by atoms with Crippen LogP contribution >= 0.6 is 23.2 Å². The number of carboxylic acid groups (broad SMARTS) is 1. The molecule has 0 radical (unpaired) electrons. The summed E-state index contributed by atoms with van der Waals surface area (Å²) in [5.74, 6) is -1.34. The summed E-state index contributed by atoms with van der Waals surface area (Å²) in [4.78, 5) is 25.0. The van der Waals surface area contributed by atoms with Gasteiger partial charge in [0.25, 0.3) is 0 Å². The molecule has 3 atom stereocenters. The number of halogens is 2. The zero-order chi connectivity index (χ0) is 21.3. The minimum Gasteiger partial charge on any atom is -0.481 e. The lowest BCUT2D eigenvalue weighted by molar-refractivity contribution is -0.175. The first-order chi connectivity index (χ1) is 13.6. The highest BCUT2D eigenvalue weighted by Crippen LogP contribution is 2.51. The number of benzene rings is 2. The molecule has 1 aliphatic rings. The Kier molecular flexibility index (Phi) is 6.22. The van der Waals surface area contributed by atoms with Gasteiger partial charge in [-0.25, -0.2) is 5.01 Å². The van der Waals surface area contributed by atoms with E-state index in [1.165, 1.54) is 0 Å². The van der Waals surface area contributed by atoms with Crippen LogP contribution in [-0.4, -0.2) is 41.1 Å². The molecular formula is C22H24Cl2N2O3. The van der Waals surface area contributed by atoms with E-state index in [0.29, 0.717) is 16.5 Å². The molecule has 1 fully saturated rings. The zero-order valence-corrected chi connectivity index (χ0v) is 18.1. The number of carbonyl (C=O) groups is 2. The fourth-order valence-corrected chi connectivity index (χ4v) is 4.57. The molecule has 7 heteroatoms. The van der Waals surface area contributed by atoms with E-state index in [9.17, 15) is 14.7 Å². The number of hydrazine groups is 1. The molecule has 0 saturated carbocycles. The normalized spacial score (nSPS) is 24.8. The van der Waals surface area contributed by atoms with Gasteiger partial charge >= 0.3 is 5.97 Å². The molecule has 2 aromatic rings. The van der Waals surface area contributed by atoms with Crippen molar-refractivity contribution in [3.8, 4) is 0 Å². The molecule has 154 valence electrons. The largest absolute Gasteiger partial charge is 0.481 e. The van der Waals surface area contributed by atoms with E-state index < -0.39 is 11.4 Å². The van der Waals surface area contributed by atoms with Crippen molar-refractivity contribution in [3.05, 3.63) is 69.7 Å². The molecule has 0 spiro atoms. The van der Waals surface area contributed by atoms with Crippen LogP contribution in [0, 0.1) is 5.41 Å². The third-order valence-electron chi connectivity index (χ3n) is 5.50. The molecule has 0 aromatic heterocycles. The van der Waals surface area contributed by atoms with E-state index in [0.717, 1.165) is 11.1 Å². The zero-order valence-electron chi connectivity index (χ0n) is 16.6. The highest BCUT2D eigenvalue weighted by molar-refractivity contribution is 6.30. The van der Waals surface area contributed by atoms with Crippen molar-refractivity contribution in [2.24, 2.45) is 5.41 Å². The summed E-state index contributed by atoms with van der Waals surface area (Å²) in [6.45, 7) is 1.73. The van der Waals surface area contributed by atoms with Crippen LogP contribution in [0.2, 0.25) is 10.0 Å². The van der Waals surface area contributed by atoms with Crippen LogP contribution in [-0.2, 0) is 9.59 Å². The summed E-state index contributed by atoms with van der Waals surface area (Å²) in [5, 5.41) is 14.1. The van der Waals surface area contributed by atoms with Gasteiger partial charge in [0, 0.05) is 30.1 Å². The van der Waals surface area contributed by atoms with Crippen LogP contribution in [0.4, 0.5) is 0 Å². The Labute approximate surface area is 180 Å². The van der Waals surface area contributed by atoms with E-state index in [2.05, 4.69) is 0 Å². The van der Waals surface area contributed by atoms with Gasteiger partial charge in [-0.3, -0.25) is 14.6 Å². The van der Waals surface area contributed by atoms with Crippen LogP contribution in [0.1, 0.15) is 42.9 Å². The highest BCUT2D eigenvalue weighted by atomic mass is 35.5. The second-order valence-electron chi connectivity index (χ2n) is 7.99. The number of hydrogen-bond donors (Lipinski definition) is 1. The van der Waals surface area contributed by atoms with Crippen molar-refractivity contribution in [1.29, 1.82) is 0 Å². The maximum absolute atomic E-state index is 13.5. The molecule has 29 heavy (non-hydrogen) atoms. The van der Waals surface area contributed by atoms with Gasteiger partial charge in [-0.05, 0) is 41.8 Å². The number of rotatable bonds is 5. The Morgan fingerprint density at radius 2 is 1.79 bits per heavy atom. The van der Waals surface area contributed by atoms with E-state index in [1.807, 2.05) is 30.3 Å². The van der Waals surface area contributed by atoms with E-state index in [-0.39, 0.29) is 24.3 Å². The van der Waals surface area contributed by atoms with Crippen molar-refractivity contribution in [2.45, 2.75) is 31.7 Å². The Morgan fingerprint density at radius 1 is 1.14 bits per heavy atom. The lowest BCUT2D eigenvalue weighted by Gasteiger charge is -2.51. The van der Waals surface area contributed by atoms with Gasteiger partial charge in [0.05, 0.1) is 17.9 Å². The minimum atomic E-state index is -1.04. The maximum Gasteiger partial charge on any atom is 0.304 e. The summed E-state index contributed by atoms with van der Waals surface area (Å²) in [6.07, 6.45) is 0.163. The van der Waals surface area contributed by atoms with E-state index in [4.69, 9.17) is 23.2 Å². The average Bonchev–Trinajstić information content (AvgIpc) is 2.63. The summed E-state index contributed by atoms with van der Waals surface area (Å²) in [7, 11) is 3.59. The van der Waals surface area contributed by atoms with E-state index in [1.54, 1.807) is 49.2 Å². The Morgan fingerprint density at radius 3 is 2.34 bits per heavy atom. The van der Waals surface area contributed by atoms with Crippen molar-refractivity contribution < 1.29 is 14.7 Å². The van der Waals surface area contributed by atoms with Gasteiger partial charge < -0.3 is 5.11 Å². The molecule has 0 aliphatic carbocycles. The van der Waals surface area contributed by atoms with Gasteiger partial charge in [-0.15, -0.1) is 0 Å². The van der Waals surface area contributed by atoms with Gasteiger partial charge in [0.15, 0.2) is 0 Å². The van der Waals surface area contributed by atoms with Crippen molar-refractivity contribution in [2.75, 3.05) is 14.1 Å². The van der Waals surface area contributed by atoms with Crippen molar-refractivity contribution in [3.63, 3.8) is 0 Å². The first kappa shape index (κ1) is 21.6. The number of nitrogens with zero attached hydrogens (tertiary/aromatic N) is 2. The number of amides is 1. The topological polar surface area (TPSA) is 60.9 Å². The lowest BCUT2D eigenvalue weighted by Crippen LogP contribution is -2.57. The predicted octanol–water partition coefficient (Wildman–Crippen LogP) is 5.01. The van der Waals surface area contributed by atoms with Gasteiger partial charge in [0.2, 0.25) is 5.91 Å². The third kappa shape index (κ3) is 4.42. The minimum absolute atomic E-state index is 0.140. The second kappa shape index (κ2) is 8.34. The molecule has 1 saturated heterocycles. The number of aliphatic carboxylic acids is 1. The maximum atomic E-state index is 13.5. The summed E-state index contributed by atoms with van der Waals surface area (Å²) >= 11 is 12.3. The molecule has 1 N–H and O–H groups in total. The number of piperidine rings is 1. The van der Waals surface area contributed by atoms with Crippen molar-refractivity contribution in [1.82, 2.24) is 10.0 Å². The molecule has 3 rings (SSSR count). The Bertz CT molecular complexity index is 917. The molecule has 0 unspecified atom stereocenters. The molecule has 1 heterocycles. The number of hydrogen-bond acceptors (Lipinski definition) is 3. The molecule has 2 aromatic carbocycles. The average molecular weight is 435 g/mol. The Hall–Kier alpha value is -2.08. The second-order valence-corrected chi connectivity index (χ2v) is 8.86. The van der Waals surface area contributed by atoms with Crippen LogP contribution in [0.25, 0.3) is 0 Å². The first-order valence-electron chi connectivity index (χ1n) is 9.36. The summed E-state index contributed by atoms with van der Waals surface area (Å²) < 4.78 is 0. The standard InChI is InChI=1S/C22H24Cl2N2O3/c1-22(13-19(27)28)12-18(15-5-4-6-17(24)11-15)20(26(21(22)29)25(2)3)14-7-9-16(23)10-8-14/h4-11,18,20H,12-13H2,1-3H3,(H,27,28)/t18-,20-,22+/m1/s1. The van der Waals surface area contributed by atoms with E-state index >= 15 is 0 Å². The fraction of sp³-hybridized carbons (Fsp3) is 0.364. The fourth-order valence-electron chi connectivity index (χ4n) is 4.24. The third-order valence-corrected chi connectivity index (χ3v) is 5.99. The first-order valence-corrected chi connectivity index (χ1v) is 10.1. The molecular weight excluding hydrogens is 411 g/mol. The molecule has 1 aliphatic heterocycles. The number of carbonyl (C=O) groups excluding carboxylic acids is 1. The SMILES string of the molecule is CN(C)N1C(=O)[C@](C)(CC(=O)O)C[C@H](c2cccc(Cl)c2)[C@H]1c1ccc(Cl)cc1. The quantitative estimate of drug-likeness (QED) is 0.718.